The molecule has 2 heterocycles. The molecule has 2 amide bonds. The number of benzene rings is 1. The summed E-state index contributed by atoms with van der Waals surface area (Å²) in [6.45, 7) is 6.30. The molecule has 1 aromatic carbocycles. The van der Waals surface area contributed by atoms with Crippen molar-refractivity contribution >= 4 is 45.9 Å². The van der Waals surface area contributed by atoms with Gasteiger partial charge in [0.2, 0.25) is 0 Å². The van der Waals surface area contributed by atoms with E-state index in [-0.39, 0.29) is 12.6 Å². The molecule has 0 N–H and O–H groups in total. The number of carbonyl (C=O) groups is 3. The zero-order valence-electron chi connectivity index (χ0n) is 16.3. The van der Waals surface area contributed by atoms with E-state index in [1.807, 2.05) is 37.4 Å². The first-order chi connectivity index (χ1) is 13.4. The molecule has 0 spiro atoms. The molecule has 0 unspecified atom stereocenters. The van der Waals surface area contributed by atoms with E-state index in [9.17, 15) is 14.4 Å². The van der Waals surface area contributed by atoms with Crippen LogP contribution in [0.5, 0.6) is 0 Å². The summed E-state index contributed by atoms with van der Waals surface area (Å²) in [5.41, 5.74) is 1.98. The van der Waals surface area contributed by atoms with Crippen molar-refractivity contribution in [3.63, 3.8) is 0 Å². The number of hydrogen-bond donors (Lipinski definition) is 0. The number of ether oxygens (including phenoxy) is 1. The van der Waals surface area contributed by atoms with Crippen LogP contribution in [0.4, 0.5) is 4.79 Å². The SMILES string of the molecule is CCCn1cc(/C=C2\SC(=O)N(CC(=O)O[C@@H](C)CC)C2=O)c2ccccc21. The van der Waals surface area contributed by atoms with Gasteiger partial charge in [-0.05, 0) is 43.7 Å². The normalized spacial score (nSPS) is 17.0. The van der Waals surface area contributed by atoms with E-state index in [0.717, 1.165) is 46.1 Å². The maximum Gasteiger partial charge on any atom is 0.326 e. The predicted octanol–water partition coefficient (Wildman–Crippen LogP) is 4.43. The van der Waals surface area contributed by atoms with Gasteiger partial charge >= 0.3 is 5.97 Å². The molecule has 1 saturated heterocycles. The van der Waals surface area contributed by atoms with Crippen LogP contribution < -0.4 is 0 Å². The highest BCUT2D eigenvalue weighted by molar-refractivity contribution is 8.18. The minimum Gasteiger partial charge on any atom is -0.461 e. The van der Waals surface area contributed by atoms with E-state index in [1.165, 1.54) is 0 Å². The molecule has 1 aromatic heterocycles. The molecule has 6 nitrogen and oxygen atoms in total. The first-order valence-electron chi connectivity index (χ1n) is 9.47. The van der Waals surface area contributed by atoms with Crippen LogP contribution in [0.1, 0.15) is 39.2 Å². The number of hydrogen-bond acceptors (Lipinski definition) is 5. The summed E-state index contributed by atoms with van der Waals surface area (Å²) in [5.74, 6) is -1.03. The first-order valence-corrected chi connectivity index (χ1v) is 10.3. The summed E-state index contributed by atoms with van der Waals surface area (Å²) in [4.78, 5) is 38.2. The van der Waals surface area contributed by atoms with Gasteiger partial charge in [0.05, 0.1) is 11.0 Å². The molecule has 1 atom stereocenters. The van der Waals surface area contributed by atoms with Crippen molar-refractivity contribution in [3.8, 4) is 0 Å². The maximum absolute atomic E-state index is 12.7. The fraction of sp³-hybridized carbons (Fsp3) is 0.381. The number of fused-ring (bicyclic) bond motifs is 1. The third-order valence-corrected chi connectivity index (χ3v) is 5.55. The van der Waals surface area contributed by atoms with E-state index in [4.69, 9.17) is 4.74 Å². The van der Waals surface area contributed by atoms with Gasteiger partial charge in [-0.1, -0.05) is 32.0 Å². The van der Waals surface area contributed by atoms with Crippen molar-refractivity contribution < 1.29 is 19.1 Å². The number of esters is 1. The van der Waals surface area contributed by atoms with E-state index < -0.39 is 17.1 Å². The second-order valence-corrected chi connectivity index (χ2v) is 7.76. The number of aryl methyl sites for hydroxylation is 1. The fourth-order valence-corrected chi connectivity index (χ4v) is 3.90. The van der Waals surface area contributed by atoms with Crippen molar-refractivity contribution in [1.29, 1.82) is 0 Å². The lowest BCUT2D eigenvalue weighted by Crippen LogP contribution is -2.35. The summed E-state index contributed by atoms with van der Waals surface area (Å²) in [5, 5.41) is 0.577. The van der Waals surface area contributed by atoms with Crippen LogP contribution in [0.25, 0.3) is 17.0 Å². The summed E-state index contributed by atoms with van der Waals surface area (Å²) in [6.07, 6.45) is 5.16. The number of thioether (sulfide) groups is 1. The largest absolute Gasteiger partial charge is 0.461 e. The molecule has 0 radical (unpaired) electrons. The molecule has 0 saturated carbocycles. The van der Waals surface area contributed by atoms with Crippen LogP contribution in [0.2, 0.25) is 0 Å². The second kappa shape index (κ2) is 8.65. The average Bonchev–Trinajstić information content (AvgIpc) is 3.15. The molecular weight excluding hydrogens is 376 g/mol. The van der Waals surface area contributed by atoms with Crippen LogP contribution in [0.3, 0.4) is 0 Å². The Bertz CT molecular complexity index is 947. The number of nitrogens with zero attached hydrogens (tertiary/aromatic N) is 2. The van der Waals surface area contributed by atoms with Gasteiger partial charge in [0.15, 0.2) is 0 Å². The van der Waals surface area contributed by atoms with Crippen LogP contribution in [0, 0.1) is 0 Å². The summed E-state index contributed by atoms with van der Waals surface area (Å²) >= 11 is 0.856. The number of amides is 2. The molecule has 1 aliphatic heterocycles. The molecular formula is C21H24N2O4S. The average molecular weight is 401 g/mol. The zero-order valence-corrected chi connectivity index (χ0v) is 17.1. The standard InChI is InChI=1S/C21H24N2O4S/c1-4-10-22-12-15(16-8-6-7-9-17(16)22)11-18-20(25)23(21(26)28-18)13-19(24)27-14(3)5-2/h6-9,11-12,14H,4-5,10,13H2,1-3H3/b18-11-/t14-/m0/s1. The monoisotopic (exact) mass is 400 g/mol. The Hall–Kier alpha value is -2.54. The van der Waals surface area contributed by atoms with Gasteiger partial charge < -0.3 is 9.30 Å². The van der Waals surface area contributed by atoms with E-state index >= 15 is 0 Å². The summed E-state index contributed by atoms with van der Waals surface area (Å²) in [7, 11) is 0. The number of aromatic nitrogens is 1. The van der Waals surface area contributed by atoms with Gasteiger partial charge in [0.1, 0.15) is 6.54 Å². The minimum absolute atomic E-state index is 0.243. The number of rotatable bonds is 7. The van der Waals surface area contributed by atoms with Crippen LogP contribution in [-0.4, -0.2) is 39.2 Å². The fourth-order valence-electron chi connectivity index (χ4n) is 3.07. The Morgan fingerprint density at radius 3 is 2.71 bits per heavy atom. The number of imide groups is 1. The number of para-hydroxylation sites is 1. The lowest BCUT2D eigenvalue weighted by molar-refractivity contribution is -0.150. The highest BCUT2D eigenvalue weighted by Crippen LogP contribution is 2.34. The van der Waals surface area contributed by atoms with Gasteiger partial charge in [-0.15, -0.1) is 0 Å². The molecule has 7 heteroatoms. The first kappa shape index (κ1) is 20.2. The Labute approximate surface area is 168 Å². The Morgan fingerprint density at radius 2 is 2.00 bits per heavy atom. The smallest absolute Gasteiger partial charge is 0.326 e. The Kier molecular flexibility index (Phi) is 6.24. The topological polar surface area (TPSA) is 68.6 Å². The minimum atomic E-state index is -0.572. The van der Waals surface area contributed by atoms with Crippen molar-refractivity contribution in [3.05, 3.63) is 40.9 Å². The molecule has 1 fully saturated rings. The van der Waals surface area contributed by atoms with Gasteiger partial charge in [-0.3, -0.25) is 19.3 Å². The van der Waals surface area contributed by atoms with E-state index in [2.05, 4.69) is 11.5 Å². The van der Waals surface area contributed by atoms with Crippen molar-refractivity contribution in [2.24, 2.45) is 0 Å². The third kappa shape index (κ3) is 4.14. The van der Waals surface area contributed by atoms with Gasteiger partial charge in [0.25, 0.3) is 11.1 Å². The Morgan fingerprint density at radius 1 is 1.25 bits per heavy atom. The molecule has 28 heavy (non-hydrogen) atoms. The second-order valence-electron chi connectivity index (χ2n) is 6.77. The van der Waals surface area contributed by atoms with E-state index in [1.54, 1.807) is 13.0 Å². The Balaban J connectivity index is 1.84. The van der Waals surface area contributed by atoms with Crippen molar-refractivity contribution in [2.45, 2.75) is 46.3 Å². The molecule has 148 valence electrons. The highest BCUT2D eigenvalue weighted by Gasteiger charge is 2.37. The lowest BCUT2D eigenvalue weighted by atomic mass is 10.1. The maximum atomic E-state index is 12.7. The van der Waals surface area contributed by atoms with Crippen molar-refractivity contribution in [2.75, 3.05) is 6.54 Å². The quantitative estimate of drug-likeness (QED) is 0.508. The van der Waals surface area contributed by atoms with E-state index in [0.29, 0.717) is 11.3 Å². The molecule has 1 aliphatic rings. The zero-order chi connectivity index (χ0) is 20.3. The summed E-state index contributed by atoms with van der Waals surface area (Å²) < 4.78 is 7.33. The van der Waals surface area contributed by atoms with Crippen molar-refractivity contribution in [1.82, 2.24) is 9.47 Å². The number of carbonyl (C=O) groups excluding carboxylic acids is 3. The molecule has 0 aliphatic carbocycles. The summed E-state index contributed by atoms with van der Waals surface area (Å²) in [6, 6.07) is 7.97. The molecule has 0 bridgehead atoms. The third-order valence-electron chi connectivity index (χ3n) is 4.64. The lowest BCUT2D eigenvalue weighted by Gasteiger charge is -2.14. The molecule has 3 rings (SSSR count). The highest BCUT2D eigenvalue weighted by atomic mass is 32.2. The van der Waals surface area contributed by atoms with Gasteiger partial charge in [-0.2, -0.15) is 0 Å². The van der Waals surface area contributed by atoms with Crippen LogP contribution in [0.15, 0.2) is 35.4 Å². The predicted molar refractivity (Wildman–Crippen MR) is 111 cm³/mol. The molecule has 2 aromatic rings. The van der Waals surface area contributed by atoms with Gasteiger partial charge in [0, 0.05) is 29.2 Å². The van der Waals surface area contributed by atoms with Crippen LogP contribution in [-0.2, 0) is 20.9 Å². The van der Waals surface area contributed by atoms with Crippen LogP contribution >= 0.6 is 11.8 Å². The van der Waals surface area contributed by atoms with Gasteiger partial charge in [-0.25, -0.2) is 0 Å².